The van der Waals surface area contributed by atoms with Gasteiger partial charge in [0.25, 0.3) is 5.91 Å². The number of aromatic nitrogens is 1. The maximum atomic E-state index is 12.7. The standard InChI is InChI=1S/C17H12Cl2N2O/c1-21(17(22)13-9-10-15(18)20-16(13)19)14-8-4-6-11-5-2-3-7-12(11)14/h2-10H,1H3. The van der Waals surface area contributed by atoms with Gasteiger partial charge in [0.1, 0.15) is 10.3 Å². The molecule has 1 aromatic heterocycles. The molecule has 3 rings (SSSR count). The van der Waals surface area contributed by atoms with Crippen molar-refractivity contribution in [1.29, 1.82) is 0 Å². The van der Waals surface area contributed by atoms with E-state index in [1.807, 2.05) is 42.5 Å². The number of carbonyl (C=O) groups excluding carboxylic acids is 1. The first-order chi connectivity index (χ1) is 10.6. The summed E-state index contributed by atoms with van der Waals surface area (Å²) < 4.78 is 0. The van der Waals surface area contributed by atoms with Gasteiger partial charge in [-0.3, -0.25) is 4.79 Å². The van der Waals surface area contributed by atoms with Gasteiger partial charge in [-0.1, -0.05) is 59.6 Å². The van der Waals surface area contributed by atoms with Crippen LogP contribution in [-0.4, -0.2) is 17.9 Å². The molecule has 3 nitrogen and oxygen atoms in total. The Morgan fingerprint density at radius 3 is 2.50 bits per heavy atom. The number of carbonyl (C=O) groups is 1. The van der Waals surface area contributed by atoms with Crippen LogP contribution in [0.3, 0.4) is 0 Å². The van der Waals surface area contributed by atoms with Gasteiger partial charge in [-0.15, -0.1) is 0 Å². The molecule has 3 aromatic rings. The van der Waals surface area contributed by atoms with Crippen molar-refractivity contribution in [2.45, 2.75) is 0 Å². The normalized spacial score (nSPS) is 10.7. The topological polar surface area (TPSA) is 33.2 Å². The van der Waals surface area contributed by atoms with Gasteiger partial charge in [-0.05, 0) is 23.6 Å². The fourth-order valence-electron chi connectivity index (χ4n) is 2.36. The Labute approximate surface area is 138 Å². The summed E-state index contributed by atoms with van der Waals surface area (Å²) >= 11 is 11.8. The van der Waals surface area contributed by atoms with Gasteiger partial charge in [0.15, 0.2) is 0 Å². The van der Waals surface area contributed by atoms with Crippen molar-refractivity contribution < 1.29 is 4.79 Å². The van der Waals surface area contributed by atoms with E-state index >= 15 is 0 Å². The molecule has 110 valence electrons. The third-order valence-electron chi connectivity index (χ3n) is 3.48. The number of halogens is 2. The number of fused-ring (bicyclic) bond motifs is 1. The lowest BCUT2D eigenvalue weighted by molar-refractivity contribution is 0.0993. The van der Waals surface area contributed by atoms with E-state index in [1.54, 1.807) is 24.1 Å². The molecule has 0 aliphatic heterocycles. The number of benzene rings is 2. The Bertz CT molecular complexity index is 859. The van der Waals surface area contributed by atoms with E-state index in [0.29, 0.717) is 5.56 Å². The Balaban J connectivity index is 2.05. The van der Waals surface area contributed by atoms with E-state index in [4.69, 9.17) is 23.2 Å². The van der Waals surface area contributed by atoms with Crippen molar-refractivity contribution in [2.75, 3.05) is 11.9 Å². The largest absolute Gasteiger partial charge is 0.311 e. The highest BCUT2D eigenvalue weighted by Gasteiger charge is 2.19. The van der Waals surface area contributed by atoms with Gasteiger partial charge in [-0.25, -0.2) is 4.98 Å². The lowest BCUT2D eigenvalue weighted by Crippen LogP contribution is -2.26. The number of anilines is 1. The molecule has 0 unspecified atom stereocenters. The molecule has 22 heavy (non-hydrogen) atoms. The minimum Gasteiger partial charge on any atom is -0.311 e. The lowest BCUT2D eigenvalue weighted by atomic mass is 10.1. The van der Waals surface area contributed by atoms with Crippen LogP contribution >= 0.6 is 23.2 Å². The van der Waals surface area contributed by atoms with Crippen LogP contribution in [0.1, 0.15) is 10.4 Å². The molecule has 0 fully saturated rings. The zero-order valence-electron chi connectivity index (χ0n) is 11.8. The van der Waals surface area contributed by atoms with Crippen molar-refractivity contribution in [2.24, 2.45) is 0 Å². The number of hydrogen-bond acceptors (Lipinski definition) is 2. The first kappa shape index (κ1) is 14.8. The predicted octanol–water partition coefficient (Wildman–Crippen LogP) is 4.82. The van der Waals surface area contributed by atoms with Crippen LogP contribution in [0.15, 0.2) is 54.6 Å². The molecule has 0 bridgehead atoms. The molecule has 0 saturated heterocycles. The van der Waals surface area contributed by atoms with Crippen LogP contribution < -0.4 is 4.90 Å². The van der Waals surface area contributed by atoms with E-state index in [-0.39, 0.29) is 16.2 Å². The maximum Gasteiger partial charge on any atom is 0.261 e. The van der Waals surface area contributed by atoms with Crippen molar-refractivity contribution in [1.82, 2.24) is 4.98 Å². The van der Waals surface area contributed by atoms with Crippen molar-refractivity contribution in [3.05, 3.63) is 70.5 Å². The molecular weight excluding hydrogens is 319 g/mol. The van der Waals surface area contributed by atoms with Crippen molar-refractivity contribution in [3.63, 3.8) is 0 Å². The second-order valence-electron chi connectivity index (χ2n) is 4.83. The van der Waals surface area contributed by atoms with Gasteiger partial charge < -0.3 is 4.90 Å². The molecule has 0 saturated carbocycles. The summed E-state index contributed by atoms with van der Waals surface area (Å²) in [7, 11) is 1.72. The number of rotatable bonds is 2. The quantitative estimate of drug-likeness (QED) is 0.631. The number of hydrogen-bond donors (Lipinski definition) is 0. The van der Waals surface area contributed by atoms with E-state index < -0.39 is 0 Å². The summed E-state index contributed by atoms with van der Waals surface area (Å²) in [5.41, 5.74) is 1.13. The Kier molecular flexibility index (Phi) is 4.01. The smallest absolute Gasteiger partial charge is 0.261 e. The highest BCUT2D eigenvalue weighted by molar-refractivity contribution is 6.35. The summed E-state index contributed by atoms with van der Waals surface area (Å²) in [5, 5.41) is 2.43. The fraction of sp³-hybridized carbons (Fsp3) is 0.0588. The maximum absolute atomic E-state index is 12.7. The van der Waals surface area contributed by atoms with Gasteiger partial charge in [-0.2, -0.15) is 0 Å². The molecule has 0 aliphatic carbocycles. The molecule has 0 aliphatic rings. The summed E-state index contributed by atoms with van der Waals surface area (Å²) in [4.78, 5) is 18.2. The molecule has 0 spiro atoms. The molecule has 1 heterocycles. The van der Waals surface area contributed by atoms with Crippen LogP contribution in [0, 0.1) is 0 Å². The molecule has 0 atom stereocenters. The highest BCUT2D eigenvalue weighted by Crippen LogP contribution is 2.28. The highest BCUT2D eigenvalue weighted by atomic mass is 35.5. The van der Waals surface area contributed by atoms with Crippen molar-refractivity contribution >= 4 is 45.6 Å². The summed E-state index contributed by atoms with van der Waals surface area (Å²) in [6, 6.07) is 16.9. The molecule has 5 heteroatoms. The number of nitrogens with zero attached hydrogens (tertiary/aromatic N) is 2. The molecule has 1 amide bonds. The zero-order valence-corrected chi connectivity index (χ0v) is 13.3. The fourth-order valence-corrected chi connectivity index (χ4v) is 2.79. The van der Waals surface area contributed by atoms with Gasteiger partial charge in [0, 0.05) is 12.4 Å². The Hall–Kier alpha value is -2.10. The molecule has 0 N–H and O–H groups in total. The second kappa shape index (κ2) is 5.95. The Morgan fingerprint density at radius 2 is 1.73 bits per heavy atom. The van der Waals surface area contributed by atoms with Crippen LogP contribution in [0.5, 0.6) is 0 Å². The summed E-state index contributed by atoms with van der Waals surface area (Å²) in [6.07, 6.45) is 0. The summed E-state index contributed by atoms with van der Waals surface area (Å²) in [5.74, 6) is -0.231. The number of amides is 1. The van der Waals surface area contributed by atoms with Crippen LogP contribution in [0.4, 0.5) is 5.69 Å². The minimum atomic E-state index is -0.231. The minimum absolute atomic E-state index is 0.101. The van der Waals surface area contributed by atoms with Gasteiger partial charge in [0.05, 0.1) is 11.3 Å². The first-order valence-electron chi connectivity index (χ1n) is 6.66. The van der Waals surface area contributed by atoms with E-state index in [1.165, 1.54) is 0 Å². The SMILES string of the molecule is CN(C(=O)c1ccc(Cl)nc1Cl)c1cccc2ccccc12. The van der Waals surface area contributed by atoms with E-state index in [0.717, 1.165) is 16.5 Å². The monoisotopic (exact) mass is 330 g/mol. The Morgan fingerprint density at radius 1 is 1.00 bits per heavy atom. The molecule has 0 radical (unpaired) electrons. The van der Waals surface area contributed by atoms with E-state index in [2.05, 4.69) is 4.98 Å². The molecule has 2 aromatic carbocycles. The van der Waals surface area contributed by atoms with Crippen LogP contribution in [0.25, 0.3) is 10.8 Å². The van der Waals surface area contributed by atoms with Crippen LogP contribution in [-0.2, 0) is 0 Å². The number of pyridine rings is 1. The molecular formula is C17H12Cl2N2O. The third kappa shape index (κ3) is 2.65. The van der Waals surface area contributed by atoms with Gasteiger partial charge >= 0.3 is 0 Å². The predicted molar refractivity (Wildman–Crippen MR) is 90.9 cm³/mol. The second-order valence-corrected chi connectivity index (χ2v) is 5.58. The van der Waals surface area contributed by atoms with Crippen molar-refractivity contribution in [3.8, 4) is 0 Å². The van der Waals surface area contributed by atoms with Gasteiger partial charge in [0.2, 0.25) is 0 Å². The zero-order chi connectivity index (χ0) is 15.7. The van der Waals surface area contributed by atoms with Crippen LogP contribution in [0.2, 0.25) is 10.3 Å². The average Bonchev–Trinajstić information content (AvgIpc) is 2.53. The lowest BCUT2D eigenvalue weighted by Gasteiger charge is -2.20. The third-order valence-corrected chi connectivity index (χ3v) is 3.98. The summed E-state index contributed by atoms with van der Waals surface area (Å²) in [6.45, 7) is 0. The van der Waals surface area contributed by atoms with E-state index in [9.17, 15) is 4.79 Å². The first-order valence-corrected chi connectivity index (χ1v) is 7.41. The average molecular weight is 331 g/mol.